The molecule has 0 unspecified atom stereocenters. The fourth-order valence-corrected chi connectivity index (χ4v) is 4.71. The van der Waals surface area contributed by atoms with Crippen LogP contribution in [0.1, 0.15) is 30.5 Å². The normalized spacial score (nSPS) is 16.6. The molecule has 210 valence electrons. The predicted octanol–water partition coefficient (Wildman–Crippen LogP) is 3.26. The molecule has 0 bridgehead atoms. The Bertz CT molecular complexity index is 1620. The Kier molecular flexibility index (Phi) is 7.42. The largest absolute Gasteiger partial charge is 0.416 e. The number of carbonyl (C=O) groups is 1. The molecule has 3 aromatic heterocycles. The predicted molar refractivity (Wildman–Crippen MR) is 137 cm³/mol. The minimum absolute atomic E-state index is 0.0789. The number of pyridine rings is 1. The molecule has 11 nitrogen and oxygen atoms in total. The SMILES string of the molecule is CN1C(=O)CC[C@@H]1c1nc(Cn2nc(-c3ccc(Cl)cc3)n(C[C@H](O)C(F)(F)F)c2=O)nn1-c1ncccc1Cl. The lowest BCUT2D eigenvalue weighted by Gasteiger charge is -2.19. The number of likely N-dealkylation sites (tertiary alicyclic amines) is 1. The Morgan fingerprint density at radius 3 is 2.48 bits per heavy atom. The first kappa shape index (κ1) is 27.8. The number of hydrogen-bond donors (Lipinski definition) is 1. The second kappa shape index (κ2) is 10.7. The molecule has 1 aliphatic rings. The van der Waals surface area contributed by atoms with Gasteiger partial charge < -0.3 is 10.0 Å². The monoisotopic (exact) mass is 596 g/mol. The minimum atomic E-state index is -4.96. The zero-order valence-electron chi connectivity index (χ0n) is 20.8. The second-order valence-electron chi connectivity index (χ2n) is 9.10. The molecular formula is C24H21Cl2F3N8O3. The Morgan fingerprint density at radius 1 is 1.12 bits per heavy atom. The lowest BCUT2D eigenvalue weighted by atomic mass is 10.2. The molecule has 1 aromatic carbocycles. The van der Waals surface area contributed by atoms with E-state index < -0.39 is 30.6 Å². The molecule has 0 aliphatic carbocycles. The summed E-state index contributed by atoms with van der Waals surface area (Å²) >= 11 is 12.3. The van der Waals surface area contributed by atoms with Crippen molar-refractivity contribution in [2.24, 2.45) is 0 Å². The highest BCUT2D eigenvalue weighted by atomic mass is 35.5. The van der Waals surface area contributed by atoms with Gasteiger partial charge in [-0.3, -0.25) is 9.36 Å². The average molecular weight is 597 g/mol. The number of aromatic nitrogens is 7. The Balaban J connectivity index is 1.58. The van der Waals surface area contributed by atoms with Crippen LogP contribution in [-0.2, 0) is 17.9 Å². The number of amides is 1. The van der Waals surface area contributed by atoms with Gasteiger partial charge in [0.25, 0.3) is 0 Å². The summed E-state index contributed by atoms with van der Waals surface area (Å²) < 4.78 is 42.6. The van der Waals surface area contributed by atoms with Crippen molar-refractivity contribution in [3.8, 4) is 17.2 Å². The quantitative estimate of drug-likeness (QED) is 0.347. The van der Waals surface area contributed by atoms with E-state index in [0.29, 0.717) is 29.3 Å². The molecule has 1 aliphatic heterocycles. The van der Waals surface area contributed by atoms with Crippen LogP contribution in [0, 0.1) is 0 Å². The lowest BCUT2D eigenvalue weighted by Crippen LogP contribution is -2.37. The van der Waals surface area contributed by atoms with E-state index in [4.69, 9.17) is 23.2 Å². The zero-order valence-corrected chi connectivity index (χ0v) is 22.3. The van der Waals surface area contributed by atoms with Gasteiger partial charge in [0.15, 0.2) is 29.4 Å². The van der Waals surface area contributed by atoms with Gasteiger partial charge in [-0.1, -0.05) is 23.2 Å². The summed E-state index contributed by atoms with van der Waals surface area (Å²) in [5, 5.41) is 19.1. The van der Waals surface area contributed by atoms with Gasteiger partial charge in [-0.15, -0.1) is 10.2 Å². The van der Waals surface area contributed by atoms with E-state index >= 15 is 0 Å². The van der Waals surface area contributed by atoms with Gasteiger partial charge >= 0.3 is 11.9 Å². The van der Waals surface area contributed by atoms with Gasteiger partial charge in [0, 0.05) is 30.3 Å². The summed E-state index contributed by atoms with van der Waals surface area (Å²) in [5.74, 6) is 0.480. The third-order valence-corrected chi connectivity index (χ3v) is 7.00. The van der Waals surface area contributed by atoms with Crippen molar-refractivity contribution in [3.05, 3.63) is 74.8 Å². The average Bonchev–Trinajstić information content (AvgIpc) is 3.56. The van der Waals surface area contributed by atoms with Gasteiger partial charge in [0.05, 0.1) is 17.6 Å². The third-order valence-electron chi connectivity index (χ3n) is 6.46. The first-order valence-electron chi connectivity index (χ1n) is 11.9. The summed E-state index contributed by atoms with van der Waals surface area (Å²) in [6.45, 7) is -1.41. The van der Waals surface area contributed by atoms with Gasteiger partial charge in [-0.2, -0.15) is 17.9 Å². The van der Waals surface area contributed by atoms with E-state index in [1.54, 1.807) is 19.2 Å². The van der Waals surface area contributed by atoms with Crippen LogP contribution in [0.15, 0.2) is 47.4 Å². The molecule has 16 heteroatoms. The highest BCUT2D eigenvalue weighted by Crippen LogP contribution is 2.32. The molecular weight excluding hydrogens is 576 g/mol. The van der Waals surface area contributed by atoms with Crippen LogP contribution in [0.3, 0.4) is 0 Å². The molecule has 0 saturated carbocycles. The minimum Gasteiger partial charge on any atom is -0.382 e. The first-order chi connectivity index (χ1) is 18.9. The molecule has 0 spiro atoms. The highest BCUT2D eigenvalue weighted by molar-refractivity contribution is 6.32. The summed E-state index contributed by atoms with van der Waals surface area (Å²) in [7, 11) is 1.63. The first-order valence-corrected chi connectivity index (χ1v) is 12.7. The van der Waals surface area contributed by atoms with E-state index in [0.717, 1.165) is 9.25 Å². The molecule has 2 atom stereocenters. The number of nitrogens with zero attached hydrogens (tertiary/aromatic N) is 8. The smallest absolute Gasteiger partial charge is 0.382 e. The topological polar surface area (TPSA) is 124 Å². The molecule has 40 heavy (non-hydrogen) atoms. The number of halogens is 5. The van der Waals surface area contributed by atoms with Crippen molar-refractivity contribution in [1.29, 1.82) is 0 Å². The Hall–Kier alpha value is -3.75. The fraction of sp³-hybridized carbons (Fsp3) is 0.333. The van der Waals surface area contributed by atoms with Crippen molar-refractivity contribution in [2.75, 3.05) is 7.05 Å². The van der Waals surface area contributed by atoms with Crippen LogP contribution in [0.2, 0.25) is 10.0 Å². The standard InChI is InChI=1S/C24H21Cl2F3N8O3/c1-34-16(8-9-19(34)39)22-31-18(32-37(22)21-15(26)3-2-10-30-21)12-36-23(40)35(11-17(38)24(27,28)29)20(33-36)13-4-6-14(25)7-5-13/h2-7,10,16-17,38H,8-9,11-12H2,1H3/t16-,17+/m1/s1. The molecule has 5 rings (SSSR count). The van der Waals surface area contributed by atoms with Crippen molar-refractivity contribution in [1.82, 2.24) is 39.0 Å². The van der Waals surface area contributed by atoms with E-state index in [2.05, 4.69) is 20.2 Å². The maximum absolute atomic E-state index is 13.3. The lowest BCUT2D eigenvalue weighted by molar-refractivity contribution is -0.207. The van der Waals surface area contributed by atoms with Gasteiger partial charge in [0.1, 0.15) is 6.54 Å². The van der Waals surface area contributed by atoms with E-state index in [1.807, 2.05) is 0 Å². The number of aliphatic hydroxyl groups excluding tert-OH is 1. The van der Waals surface area contributed by atoms with Crippen LogP contribution in [0.5, 0.6) is 0 Å². The van der Waals surface area contributed by atoms with Crippen molar-refractivity contribution < 1.29 is 23.1 Å². The van der Waals surface area contributed by atoms with Crippen LogP contribution >= 0.6 is 23.2 Å². The van der Waals surface area contributed by atoms with Crippen LogP contribution in [-0.4, -0.2) is 69.3 Å². The molecule has 1 amide bonds. The summed E-state index contributed by atoms with van der Waals surface area (Å²) in [6.07, 6.45) is -5.50. The zero-order chi connectivity index (χ0) is 28.8. The fourth-order valence-electron chi connectivity index (χ4n) is 4.38. The summed E-state index contributed by atoms with van der Waals surface area (Å²) in [5.41, 5.74) is -0.615. The molecule has 1 saturated heterocycles. The van der Waals surface area contributed by atoms with Crippen LogP contribution < -0.4 is 5.69 Å². The molecule has 0 radical (unpaired) electrons. The molecule has 4 heterocycles. The van der Waals surface area contributed by atoms with Gasteiger partial charge in [-0.25, -0.2) is 19.4 Å². The van der Waals surface area contributed by atoms with E-state index in [-0.39, 0.29) is 34.9 Å². The van der Waals surface area contributed by atoms with Crippen LogP contribution in [0.4, 0.5) is 13.2 Å². The van der Waals surface area contributed by atoms with Crippen molar-refractivity contribution >= 4 is 29.1 Å². The number of benzene rings is 1. The molecule has 1 fully saturated rings. The number of aliphatic hydroxyl groups is 1. The maximum Gasteiger partial charge on any atom is 0.416 e. The highest BCUT2D eigenvalue weighted by Gasteiger charge is 2.39. The number of carbonyl (C=O) groups excluding carboxylic acids is 1. The Labute approximate surface area is 234 Å². The molecule has 4 aromatic rings. The third kappa shape index (κ3) is 5.33. The van der Waals surface area contributed by atoms with Crippen LogP contribution in [0.25, 0.3) is 17.2 Å². The summed E-state index contributed by atoms with van der Waals surface area (Å²) in [4.78, 5) is 35.9. The second-order valence-corrected chi connectivity index (χ2v) is 9.95. The number of hydrogen-bond acceptors (Lipinski definition) is 7. The van der Waals surface area contributed by atoms with E-state index in [9.17, 15) is 27.9 Å². The Morgan fingerprint density at radius 2 is 1.85 bits per heavy atom. The van der Waals surface area contributed by atoms with Crippen molar-refractivity contribution in [2.45, 2.75) is 44.3 Å². The van der Waals surface area contributed by atoms with Crippen molar-refractivity contribution in [3.63, 3.8) is 0 Å². The number of rotatable bonds is 7. The number of alkyl halides is 3. The van der Waals surface area contributed by atoms with Gasteiger partial charge in [0.2, 0.25) is 5.91 Å². The maximum atomic E-state index is 13.3. The summed E-state index contributed by atoms with van der Waals surface area (Å²) in [6, 6.07) is 8.77. The van der Waals surface area contributed by atoms with Gasteiger partial charge in [-0.05, 0) is 42.8 Å². The molecule has 1 N–H and O–H groups in total. The van der Waals surface area contributed by atoms with E-state index in [1.165, 1.54) is 40.0 Å².